The topological polar surface area (TPSA) is 17.1 Å². The number of benzene rings is 1. The Bertz CT molecular complexity index is 223. The quantitative estimate of drug-likeness (QED) is 0.647. The molecule has 0 aliphatic carbocycles. The van der Waals surface area contributed by atoms with Crippen molar-refractivity contribution in [1.82, 2.24) is 0 Å². The zero-order valence-corrected chi connectivity index (χ0v) is 7.22. The summed E-state index contributed by atoms with van der Waals surface area (Å²) >= 11 is 0. The second kappa shape index (κ2) is 5.11. The van der Waals surface area contributed by atoms with Gasteiger partial charge >= 0.3 is 6.04 Å². The summed E-state index contributed by atoms with van der Waals surface area (Å²) in [6.45, 7) is 0. The number of hydrogen-bond acceptors (Lipinski definition) is 1. The molecule has 1 aromatic carbocycles. The van der Waals surface area contributed by atoms with E-state index in [9.17, 15) is 9.18 Å². The van der Waals surface area contributed by atoms with E-state index in [2.05, 4.69) is 0 Å². The average molecular weight is 189 g/mol. The van der Waals surface area contributed by atoms with Gasteiger partial charge in [0.05, 0.1) is 6.42 Å². The largest absolute Gasteiger partial charge is 0.305 e. The van der Waals surface area contributed by atoms with Crippen molar-refractivity contribution in [1.29, 1.82) is 0 Å². The summed E-state index contributed by atoms with van der Waals surface area (Å²) in [5, 5.41) is 0. The molecule has 0 unspecified atom stereocenters. The van der Waals surface area contributed by atoms with Gasteiger partial charge in [0.25, 0.3) is 0 Å². The van der Waals surface area contributed by atoms with Crippen LogP contribution in [-0.4, -0.2) is 6.04 Å². The van der Waals surface area contributed by atoms with Crippen LogP contribution < -0.4 is 0 Å². The van der Waals surface area contributed by atoms with Crippen molar-refractivity contribution < 1.29 is 27.7 Å². The molecule has 1 aromatic rings. The van der Waals surface area contributed by atoms with E-state index in [0.29, 0.717) is 0 Å². The third-order valence-corrected chi connectivity index (χ3v) is 1.19. The van der Waals surface area contributed by atoms with E-state index in [1.807, 2.05) is 6.07 Å². The minimum Gasteiger partial charge on any atom is -0.261 e. The van der Waals surface area contributed by atoms with Crippen molar-refractivity contribution in [3.63, 3.8) is 0 Å². The van der Waals surface area contributed by atoms with Crippen LogP contribution in [0.15, 0.2) is 30.3 Å². The molecule has 1 nitrogen and oxygen atoms in total. The van der Waals surface area contributed by atoms with Gasteiger partial charge in [-0.1, -0.05) is 30.3 Å². The van der Waals surface area contributed by atoms with Crippen LogP contribution >= 0.6 is 0 Å². The first-order valence-corrected chi connectivity index (χ1v) is 3.01. The van der Waals surface area contributed by atoms with Crippen LogP contribution in [0.5, 0.6) is 0 Å². The Balaban J connectivity index is 0.000001000. The summed E-state index contributed by atoms with van der Waals surface area (Å²) in [4.78, 5) is 9.95. The van der Waals surface area contributed by atoms with Gasteiger partial charge in [-0.2, -0.15) is 4.39 Å². The second-order valence-electron chi connectivity index (χ2n) is 2.02. The smallest absolute Gasteiger partial charge is 0.261 e. The Labute approximate surface area is 76.5 Å². The fourth-order valence-electron chi connectivity index (χ4n) is 0.756. The van der Waals surface area contributed by atoms with Gasteiger partial charge in [-0.05, 0) is 5.56 Å². The Hall–Kier alpha value is -0.596. The average Bonchev–Trinajstić information content (AvgIpc) is 1.88. The molecule has 1 radical (unpaired) electrons. The maximum absolute atomic E-state index is 11.7. The van der Waals surface area contributed by atoms with Crippen molar-refractivity contribution in [3.8, 4) is 0 Å². The van der Waals surface area contributed by atoms with E-state index in [1.165, 1.54) is 0 Å². The number of halogens is 1. The SMILES string of the molecule is O=C(F)Cc1ccccc1.[V]. The molecular formula is C8H7FOV. The number of carbonyl (C=O) groups is 1. The first-order chi connectivity index (χ1) is 4.79. The van der Waals surface area contributed by atoms with Gasteiger partial charge in [-0.3, -0.25) is 4.79 Å². The van der Waals surface area contributed by atoms with E-state index in [1.54, 1.807) is 24.3 Å². The molecular weight excluding hydrogens is 182 g/mol. The number of hydrogen-bond donors (Lipinski definition) is 0. The molecule has 3 heteroatoms. The third kappa shape index (κ3) is 3.96. The summed E-state index contributed by atoms with van der Waals surface area (Å²) in [5.74, 6) is 0. The third-order valence-electron chi connectivity index (χ3n) is 1.19. The number of rotatable bonds is 2. The zero-order chi connectivity index (χ0) is 7.40. The molecule has 0 aliphatic rings. The second-order valence-corrected chi connectivity index (χ2v) is 2.02. The van der Waals surface area contributed by atoms with E-state index < -0.39 is 6.04 Å². The van der Waals surface area contributed by atoms with Crippen molar-refractivity contribution in [2.24, 2.45) is 0 Å². The maximum Gasteiger partial charge on any atom is 0.305 e. The fraction of sp³-hybridized carbons (Fsp3) is 0.125. The van der Waals surface area contributed by atoms with Crippen LogP contribution in [0.3, 0.4) is 0 Å². The maximum atomic E-state index is 11.7. The van der Waals surface area contributed by atoms with Crippen molar-refractivity contribution in [2.75, 3.05) is 0 Å². The van der Waals surface area contributed by atoms with Gasteiger partial charge in [-0.25, -0.2) is 0 Å². The molecule has 0 aromatic heterocycles. The van der Waals surface area contributed by atoms with Crippen molar-refractivity contribution in [3.05, 3.63) is 35.9 Å². The van der Waals surface area contributed by atoms with E-state index in [0.717, 1.165) is 5.56 Å². The van der Waals surface area contributed by atoms with Crippen molar-refractivity contribution >= 4 is 6.04 Å². The zero-order valence-electron chi connectivity index (χ0n) is 5.83. The molecule has 0 saturated carbocycles. The normalized spacial score (nSPS) is 8.45. The Morgan fingerprint density at radius 2 is 1.82 bits per heavy atom. The van der Waals surface area contributed by atoms with E-state index in [4.69, 9.17) is 0 Å². The molecule has 11 heavy (non-hydrogen) atoms. The van der Waals surface area contributed by atoms with Gasteiger partial charge in [0.15, 0.2) is 0 Å². The van der Waals surface area contributed by atoms with Crippen LogP contribution in [0.4, 0.5) is 4.39 Å². The molecule has 0 aliphatic heterocycles. The predicted molar refractivity (Wildman–Crippen MR) is 36.3 cm³/mol. The molecule has 0 saturated heterocycles. The predicted octanol–water partition coefficient (Wildman–Crippen LogP) is 1.72. The molecule has 0 bridgehead atoms. The molecule has 0 atom stereocenters. The van der Waals surface area contributed by atoms with Gasteiger partial charge in [0.2, 0.25) is 0 Å². The minimum absolute atomic E-state index is 0. The van der Waals surface area contributed by atoms with Crippen LogP contribution in [0.25, 0.3) is 0 Å². The van der Waals surface area contributed by atoms with Crippen LogP contribution in [0.2, 0.25) is 0 Å². The molecule has 0 fully saturated rings. The fourth-order valence-corrected chi connectivity index (χ4v) is 0.756. The monoisotopic (exact) mass is 189 g/mol. The summed E-state index contributed by atoms with van der Waals surface area (Å²) in [6, 6.07) is 7.53. The first-order valence-electron chi connectivity index (χ1n) is 3.01. The van der Waals surface area contributed by atoms with Crippen LogP contribution in [-0.2, 0) is 29.8 Å². The van der Waals surface area contributed by atoms with E-state index in [-0.39, 0.29) is 25.0 Å². The standard InChI is InChI=1S/C8H7FO.V/c9-8(10)6-7-4-2-1-3-5-7;/h1-5H,6H2;. The van der Waals surface area contributed by atoms with Gasteiger partial charge in [-0.15, -0.1) is 0 Å². The summed E-state index contributed by atoms with van der Waals surface area (Å²) in [5.41, 5.74) is 0.718. The Morgan fingerprint density at radius 3 is 2.27 bits per heavy atom. The first kappa shape index (κ1) is 10.4. The Kier molecular flexibility index (Phi) is 4.83. The van der Waals surface area contributed by atoms with Crippen LogP contribution in [0, 0.1) is 0 Å². The van der Waals surface area contributed by atoms with Gasteiger partial charge < -0.3 is 0 Å². The molecule has 1 rings (SSSR count). The van der Waals surface area contributed by atoms with E-state index >= 15 is 0 Å². The molecule has 57 valence electrons. The van der Waals surface area contributed by atoms with Crippen molar-refractivity contribution in [2.45, 2.75) is 6.42 Å². The van der Waals surface area contributed by atoms with Gasteiger partial charge in [0, 0.05) is 18.6 Å². The van der Waals surface area contributed by atoms with Crippen LogP contribution in [0.1, 0.15) is 5.56 Å². The Morgan fingerprint density at radius 1 is 1.27 bits per heavy atom. The summed E-state index contributed by atoms with van der Waals surface area (Å²) in [7, 11) is 0. The molecule has 0 heterocycles. The molecule has 0 amide bonds. The summed E-state index contributed by atoms with van der Waals surface area (Å²) in [6.07, 6.45) is -0.110. The summed E-state index contributed by atoms with van der Waals surface area (Å²) < 4.78 is 11.7. The molecule has 0 spiro atoms. The minimum atomic E-state index is -1.29. The van der Waals surface area contributed by atoms with Gasteiger partial charge in [0.1, 0.15) is 0 Å². The number of carbonyl (C=O) groups excluding carboxylic acids is 1. The molecule has 0 N–H and O–H groups in total.